The van der Waals surface area contributed by atoms with Gasteiger partial charge < -0.3 is 0 Å². The molecule has 1 aromatic carbocycles. The van der Waals surface area contributed by atoms with E-state index in [1.54, 1.807) is 27.8 Å². The lowest BCUT2D eigenvalue weighted by Gasteiger charge is -2.28. The second-order valence-corrected chi connectivity index (χ2v) is 13.5. The maximum absolute atomic E-state index is 4.67. The Morgan fingerprint density at radius 3 is 2.47 bits per heavy atom. The lowest BCUT2D eigenvalue weighted by atomic mass is 9.77. The van der Waals surface area contributed by atoms with Gasteiger partial charge in [-0.05, 0) is 109 Å². The minimum absolute atomic E-state index is 0.216. The molecule has 0 aromatic heterocycles. The molecule has 0 radical (unpaired) electrons. The van der Waals surface area contributed by atoms with Crippen molar-refractivity contribution in [2.24, 2.45) is 29.1 Å². The van der Waals surface area contributed by atoms with Gasteiger partial charge in [0, 0.05) is 0 Å². The van der Waals surface area contributed by atoms with Crippen molar-refractivity contribution in [3.8, 4) is 0 Å². The summed E-state index contributed by atoms with van der Waals surface area (Å²) in [6, 6.07) is 7.59. The highest BCUT2D eigenvalue weighted by molar-refractivity contribution is 5.50. The summed E-state index contributed by atoms with van der Waals surface area (Å²) in [7, 11) is 0. The number of hydrogen-bond donors (Lipinski definition) is 0. The van der Waals surface area contributed by atoms with E-state index in [2.05, 4.69) is 58.5 Å². The molecule has 0 nitrogen and oxygen atoms in total. The average molecular weight is 457 g/mol. The van der Waals surface area contributed by atoms with Gasteiger partial charge in [-0.25, -0.2) is 0 Å². The van der Waals surface area contributed by atoms with Gasteiger partial charge in [0.25, 0.3) is 0 Å². The third-order valence-electron chi connectivity index (χ3n) is 9.72. The first-order chi connectivity index (χ1) is 16.3. The number of rotatable bonds is 6. The molecule has 3 unspecified atom stereocenters. The fraction of sp³-hybridized carbons (Fsp3) is 0.647. The minimum atomic E-state index is 0.216. The topological polar surface area (TPSA) is 0 Å². The fourth-order valence-electron chi connectivity index (χ4n) is 7.98. The quantitative estimate of drug-likeness (QED) is 0.399. The molecule has 3 atom stereocenters. The second kappa shape index (κ2) is 9.83. The van der Waals surface area contributed by atoms with E-state index >= 15 is 0 Å². The first-order valence-electron chi connectivity index (χ1n) is 14.5. The van der Waals surface area contributed by atoms with Crippen LogP contribution in [-0.4, -0.2) is 0 Å². The standard InChI is InChI=1S/C34H48/c1-23-16-32(33(17-23)34(3,4)5)24(2)18-28-12-9-13-31(28)30-21-27-15-14-26(20-29(27)22-30)19-25-10-7-6-8-11-25/h14-15,17,20,25,28,30-31H,2,6-13,16,18-19,21-22H2,1,3-5H3. The summed E-state index contributed by atoms with van der Waals surface area (Å²) in [5.41, 5.74) is 11.3. The molecule has 0 aliphatic heterocycles. The minimum Gasteiger partial charge on any atom is -0.0955 e. The zero-order valence-corrected chi connectivity index (χ0v) is 22.5. The van der Waals surface area contributed by atoms with Crippen LogP contribution in [0.5, 0.6) is 0 Å². The van der Waals surface area contributed by atoms with Crippen LogP contribution in [0, 0.1) is 29.1 Å². The predicted molar refractivity (Wildman–Crippen MR) is 147 cm³/mol. The van der Waals surface area contributed by atoms with Gasteiger partial charge in [-0.2, -0.15) is 0 Å². The van der Waals surface area contributed by atoms with Crippen LogP contribution in [0.3, 0.4) is 0 Å². The molecule has 2 fully saturated rings. The smallest absolute Gasteiger partial charge is 0.00612 e. The summed E-state index contributed by atoms with van der Waals surface area (Å²) in [5, 5.41) is 0. The Kier molecular flexibility index (Phi) is 6.98. The van der Waals surface area contributed by atoms with Crippen LogP contribution >= 0.6 is 0 Å². The van der Waals surface area contributed by atoms with Crippen molar-refractivity contribution in [2.75, 3.05) is 0 Å². The zero-order chi connectivity index (χ0) is 23.9. The highest BCUT2D eigenvalue weighted by atomic mass is 14.4. The molecule has 4 aliphatic carbocycles. The van der Waals surface area contributed by atoms with E-state index in [0.29, 0.717) is 0 Å². The molecule has 0 bridgehead atoms. The zero-order valence-electron chi connectivity index (χ0n) is 22.5. The van der Waals surface area contributed by atoms with Gasteiger partial charge in [0.15, 0.2) is 0 Å². The highest BCUT2D eigenvalue weighted by Gasteiger charge is 2.37. The molecule has 2 saturated carbocycles. The summed E-state index contributed by atoms with van der Waals surface area (Å²) < 4.78 is 0. The molecule has 184 valence electrons. The SMILES string of the molecule is C=C(CC1CCCC1C1Cc2ccc(CC3CCCCC3)cc2C1)C1=C(C(C)(C)C)C=C(C)C1. The van der Waals surface area contributed by atoms with Gasteiger partial charge >= 0.3 is 0 Å². The molecule has 1 aromatic rings. The summed E-state index contributed by atoms with van der Waals surface area (Å²) in [5.74, 6) is 3.53. The molecule has 5 rings (SSSR count). The summed E-state index contributed by atoms with van der Waals surface area (Å²) >= 11 is 0. The molecule has 0 spiro atoms. The Bertz CT molecular complexity index is 972. The maximum Gasteiger partial charge on any atom is -0.00612 e. The van der Waals surface area contributed by atoms with Crippen LogP contribution in [0.25, 0.3) is 0 Å². The Labute approximate surface area is 210 Å². The highest BCUT2D eigenvalue weighted by Crippen LogP contribution is 2.48. The molecular weight excluding hydrogens is 408 g/mol. The summed E-state index contributed by atoms with van der Waals surface area (Å²) in [6.07, 6.45) is 20.3. The van der Waals surface area contributed by atoms with E-state index in [0.717, 1.165) is 30.1 Å². The van der Waals surface area contributed by atoms with Gasteiger partial charge in [0.05, 0.1) is 0 Å². The molecule has 0 saturated heterocycles. The van der Waals surface area contributed by atoms with E-state index in [9.17, 15) is 0 Å². The molecule has 0 heteroatoms. The van der Waals surface area contributed by atoms with Crippen LogP contribution in [0.15, 0.2) is 53.1 Å². The second-order valence-electron chi connectivity index (χ2n) is 13.5. The lowest BCUT2D eigenvalue weighted by molar-refractivity contribution is 0.267. The largest absolute Gasteiger partial charge is 0.0955 e. The third-order valence-corrected chi connectivity index (χ3v) is 9.72. The van der Waals surface area contributed by atoms with Crippen molar-refractivity contribution >= 4 is 0 Å². The molecule has 34 heavy (non-hydrogen) atoms. The summed E-state index contributed by atoms with van der Waals surface area (Å²) in [4.78, 5) is 0. The maximum atomic E-state index is 4.67. The normalized spacial score (nSPS) is 27.9. The van der Waals surface area contributed by atoms with Crippen molar-refractivity contribution < 1.29 is 0 Å². The monoisotopic (exact) mass is 456 g/mol. The van der Waals surface area contributed by atoms with Gasteiger partial charge in [0.1, 0.15) is 0 Å². The van der Waals surface area contributed by atoms with Crippen LogP contribution in [0.4, 0.5) is 0 Å². The molecule has 0 N–H and O–H groups in total. The Balaban J connectivity index is 1.24. The van der Waals surface area contributed by atoms with Crippen molar-refractivity contribution in [1.29, 1.82) is 0 Å². The molecule has 0 amide bonds. The van der Waals surface area contributed by atoms with Crippen LogP contribution in [0.2, 0.25) is 0 Å². The first-order valence-corrected chi connectivity index (χ1v) is 14.5. The van der Waals surface area contributed by atoms with E-state index in [-0.39, 0.29) is 5.41 Å². The van der Waals surface area contributed by atoms with Crippen molar-refractivity contribution in [2.45, 2.75) is 111 Å². The number of hydrogen-bond acceptors (Lipinski definition) is 0. The van der Waals surface area contributed by atoms with Crippen molar-refractivity contribution in [3.63, 3.8) is 0 Å². The van der Waals surface area contributed by atoms with Crippen molar-refractivity contribution in [1.82, 2.24) is 0 Å². The van der Waals surface area contributed by atoms with Crippen LogP contribution in [0.1, 0.15) is 109 Å². The third kappa shape index (κ3) is 5.17. The Hall–Kier alpha value is -1.56. The van der Waals surface area contributed by atoms with Gasteiger partial charge in [-0.15, -0.1) is 0 Å². The molecule has 0 heterocycles. The van der Waals surface area contributed by atoms with E-state index in [4.69, 9.17) is 0 Å². The van der Waals surface area contributed by atoms with Crippen LogP contribution in [-0.2, 0) is 19.3 Å². The van der Waals surface area contributed by atoms with Crippen LogP contribution < -0.4 is 0 Å². The molecular formula is C34H48. The number of fused-ring (bicyclic) bond motifs is 1. The van der Waals surface area contributed by atoms with Crippen molar-refractivity contribution in [3.05, 3.63) is 69.8 Å². The fourth-order valence-corrected chi connectivity index (χ4v) is 7.98. The number of benzene rings is 1. The van der Waals surface area contributed by atoms with Gasteiger partial charge in [-0.3, -0.25) is 0 Å². The lowest BCUT2D eigenvalue weighted by Crippen LogP contribution is -2.20. The Morgan fingerprint density at radius 1 is 0.941 bits per heavy atom. The number of allylic oxidation sites excluding steroid dienone is 5. The summed E-state index contributed by atoms with van der Waals surface area (Å²) in [6.45, 7) is 14.1. The average Bonchev–Trinajstić information content (AvgIpc) is 3.51. The first kappa shape index (κ1) is 24.1. The van der Waals surface area contributed by atoms with E-state index in [1.165, 1.54) is 88.2 Å². The van der Waals surface area contributed by atoms with Gasteiger partial charge in [0.2, 0.25) is 0 Å². The van der Waals surface area contributed by atoms with Gasteiger partial charge in [-0.1, -0.05) is 101 Å². The Morgan fingerprint density at radius 2 is 1.71 bits per heavy atom. The van der Waals surface area contributed by atoms with E-state index < -0.39 is 0 Å². The molecule has 4 aliphatic rings. The predicted octanol–water partition coefficient (Wildman–Crippen LogP) is 9.58. The van der Waals surface area contributed by atoms with E-state index in [1.807, 2.05) is 0 Å².